The Morgan fingerprint density at radius 1 is 1.06 bits per heavy atom. The van der Waals surface area contributed by atoms with Crippen LogP contribution in [0.25, 0.3) is 0 Å². The van der Waals surface area contributed by atoms with Crippen LogP contribution in [0, 0.1) is 34.5 Å². The third-order valence-electron chi connectivity index (χ3n) is 10.8. The van der Waals surface area contributed by atoms with Crippen LogP contribution in [0.15, 0.2) is 21.6 Å². The van der Waals surface area contributed by atoms with Crippen LogP contribution in [0.2, 0.25) is 0 Å². The molecule has 4 nitrogen and oxygen atoms in total. The van der Waals surface area contributed by atoms with Gasteiger partial charge in [-0.25, -0.2) is 0 Å². The van der Waals surface area contributed by atoms with Crippen LogP contribution in [0.5, 0.6) is 11.5 Å². The van der Waals surface area contributed by atoms with Gasteiger partial charge in [-0.1, -0.05) is 42.6 Å². The summed E-state index contributed by atoms with van der Waals surface area (Å²) in [6, 6.07) is 3.57. The van der Waals surface area contributed by atoms with E-state index in [1.54, 1.807) is 19.4 Å². The molecule has 2 N–H and O–H groups in total. The van der Waals surface area contributed by atoms with Crippen LogP contribution in [0.4, 0.5) is 0 Å². The van der Waals surface area contributed by atoms with Gasteiger partial charge in [0.05, 0.1) is 19.3 Å². The molecule has 0 spiro atoms. The fraction of sp³-hybridized carbons (Fsp3) is 0.750. The number of ether oxygens (including phenoxy) is 1. The second-order valence-electron chi connectivity index (χ2n) is 11.9. The lowest BCUT2D eigenvalue weighted by Crippen LogP contribution is -2.56. The molecular weight excluding hydrogens is 478 g/mol. The highest BCUT2D eigenvalue weighted by molar-refractivity contribution is 9.10. The molecule has 1 aromatic rings. The van der Waals surface area contributed by atoms with Crippen molar-refractivity contribution in [3.8, 4) is 11.5 Å². The molecule has 1 aromatic carbocycles. The molecule has 4 fully saturated rings. The Hall–Kier alpha value is -1.07. The monoisotopic (exact) mass is 517 g/mol. The van der Waals surface area contributed by atoms with Crippen LogP contribution in [0.1, 0.15) is 83.6 Å². The third-order valence-corrected chi connectivity index (χ3v) is 11.2. The molecule has 7 atom stereocenters. The number of phenolic OH excluding ortho intramolecular Hbond substituents is 1. The van der Waals surface area contributed by atoms with E-state index in [1.165, 1.54) is 44.9 Å². The minimum absolute atomic E-state index is 0.0691. The summed E-state index contributed by atoms with van der Waals surface area (Å²) in [7, 11) is 1.54. The number of aromatic hydroxyl groups is 1. The van der Waals surface area contributed by atoms with Crippen molar-refractivity contribution in [1.82, 2.24) is 0 Å². The predicted octanol–water partition coefficient (Wildman–Crippen LogP) is 6.75. The van der Waals surface area contributed by atoms with Crippen molar-refractivity contribution in [2.24, 2.45) is 39.5 Å². The van der Waals surface area contributed by atoms with E-state index in [0.29, 0.717) is 29.2 Å². The Balaban J connectivity index is 1.35. The lowest BCUT2D eigenvalue weighted by atomic mass is 9.44. The molecule has 0 heterocycles. The van der Waals surface area contributed by atoms with E-state index in [9.17, 15) is 10.2 Å². The molecule has 5 heteroatoms. The van der Waals surface area contributed by atoms with Gasteiger partial charge in [0.2, 0.25) is 0 Å². The average Bonchev–Trinajstić information content (AvgIpc) is 3.06. The summed E-state index contributed by atoms with van der Waals surface area (Å²) >= 11 is 3.47. The maximum absolute atomic E-state index is 11.9. The van der Waals surface area contributed by atoms with Crippen LogP contribution in [-0.2, 0) is 0 Å². The SMILES string of the molecule is COc1cc(Br)cc(C=NC[C@@]2(O)CC[C@@H]3[C@@H]4CC[C@H]5CCCC[C@]5(C)[C@H]4CC[C@]32C)c1O. The van der Waals surface area contributed by atoms with Gasteiger partial charge in [0.1, 0.15) is 0 Å². The van der Waals surface area contributed by atoms with Crippen molar-refractivity contribution in [1.29, 1.82) is 0 Å². The predicted molar refractivity (Wildman–Crippen MR) is 136 cm³/mol. The largest absolute Gasteiger partial charge is 0.504 e. The number of aliphatic imine (C=N–C) groups is 1. The summed E-state index contributed by atoms with van der Waals surface area (Å²) in [5.41, 5.74) is 0.297. The number of phenols is 1. The van der Waals surface area contributed by atoms with Gasteiger partial charge in [-0.05, 0) is 92.6 Å². The van der Waals surface area contributed by atoms with Gasteiger partial charge >= 0.3 is 0 Å². The molecule has 0 bridgehead atoms. The minimum atomic E-state index is -0.769. The summed E-state index contributed by atoms with van der Waals surface area (Å²) < 4.78 is 6.09. The molecule has 4 saturated carbocycles. The van der Waals surface area contributed by atoms with E-state index in [-0.39, 0.29) is 11.2 Å². The van der Waals surface area contributed by atoms with E-state index in [4.69, 9.17) is 4.74 Å². The van der Waals surface area contributed by atoms with Crippen molar-refractivity contribution < 1.29 is 14.9 Å². The number of halogens is 1. The van der Waals surface area contributed by atoms with Gasteiger partial charge in [-0.2, -0.15) is 0 Å². The molecule has 4 aliphatic rings. The van der Waals surface area contributed by atoms with E-state index in [2.05, 4.69) is 34.8 Å². The number of rotatable bonds is 4. The summed E-state index contributed by atoms with van der Waals surface area (Å²) in [5.74, 6) is 3.64. The second-order valence-corrected chi connectivity index (χ2v) is 12.9. The lowest BCUT2D eigenvalue weighted by Gasteiger charge is -2.61. The molecule has 0 amide bonds. The van der Waals surface area contributed by atoms with Crippen molar-refractivity contribution >= 4 is 22.1 Å². The molecule has 33 heavy (non-hydrogen) atoms. The fourth-order valence-corrected chi connectivity index (χ4v) is 9.26. The number of aliphatic hydroxyl groups is 1. The molecule has 0 aromatic heterocycles. The Labute approximate surface area is 207 Å². The summed E-state index contributed by atoms with van der Waals surface area (Å²) in [6.07, 6.45) is 14.5. The Bertz CT molecular complexity index is 934. The molecule has 0 saturated heterocycles. The quantitative estimate of drug-likeness (QED) is 0.434. The zero-order valence-corrected chi connectivity index (χ0v) is 22.0. The summed E-state index contributed by atoms with van der Waals surface area (Å²) in [6.45, 7) is 5.36. The maximum atomic E-state index is 11.9. The minimum Gasteiger partial charge on any atom is -0.504 e. The van der Waals surface area contributed by atoms with Crippen molar-refractivity contribution in [2.45, 2.75) is 83.7 Å². The fourth-order valence-electron chi connectivity index (χ4n) is 8.81. The molecule has 0 aliphatic heterocycles. The maximum Gasteiger partial charge on any atom is 0.166 e. The van der Waals surface area contributed by atoms with Gasteiger partial charge in [-0.3, -0.25) is 4.99 Å². The van der Waals surface area contributed by atoms with Crippen LogP contribution in [0.3, 0.4) is 0 Å². The zero-order chi connectivity index (χ0) is 23.4. The lowest BCUT2D eigenvalue weighted by molar-refractivity contribution is -0.147. The molecule has 0 unspecified atom stereocenters. The molecule has 5 rings (SSSR count). The van der Waals surface area contributed by atoms with Gasteiger partial charge in [0.15, 0.2) is 11.5 Å². The topological polar surface area (TPSA) is 62.0 Å². The standard InChI is InChI=1S/C28H40BrNO3/c1-26-11-5-4-6-19(26)7-8-21-22(26)9-12-27(2)23(21)10-13-28(27,32)17-30-16-18-14-20(29)15-24(33-3)25(18)31/h14-16,19,21-23,31-32H,4-13,17H2,1-3H3/t19-,21-,22+,23-,26+,27-,28+/m1/s1. The van der Waals surface area contributed by atoms with E-state index in [0.717, 1.165) is 41.5 Å². The van der Waals surface area contributed by atoms with Crippen molar-refractivity contribution in [3.05, 3.63) is 22.2 Å². The number of methoxy groups -OCH3 is 1. The molecular formula is C28H40BrNO3. The summed E-state index contributed by atoms with van der Waals surface area (Å²) in [5, 5.41) is 22.4. The molecule has 0 radical (unpaired) electrons. The van der Waals surface area contributed by atoms with Crippen molar-refractivity contribution in [3.63, 3.8) is 0 Å². The highest BCUT2D eigenvalue weighted by Crippen LogP contribution is 2.68. The average molecular weight is 519 g/mol. The van der Waals surface area contributed by atoms with E-state index < -0.39 is 5.60 Å². The Morgan fingerprint density at radius 3 is 2.64 bits per heavy atom. The first-order valence-electron chi connectivity index (χ1n) is 13.0. The van der Waals surface area contributed by atoms with Gasteiger partial charge in [0.25, 0.3) is 0 Å². The smallest absolute Gasteiger partial charge is 0.166 e. The molecule has 182 valence electrons. The van der Waals surface area contributed by atoms with Crippen LogP contribution < -0.4 is 4.74 Å². The van der Waals surface area contributed by atoms with Crippen molar-refractivity contribution in [2.75, 3.05) is 13.7 Å². The number of fused-ring (bicyclic) bond motifs is 5. The highest BCUT2D eigenvalue weighted by atomic mass is 79.9. The molecule has 4 aliphatic carbocycles. The third kappa shape index (κ3) is 3.67. The zero-order valence-electron chi connectivity index (χ0n) is 20.4. The van der Waals surface area contributed by atoms with Gasteiger partial charge in [0, 0.05) is 21.7 Å². The summed E-state index contributed by atoms with van der Waals surface area (Å²) in [4.78, 5) is 4.68. The first-order chi connectivity index (χ1) is 15.7. The van der Waals surface area contributed by atoms with Gasteiger partial charge in [-0.15, -0.1) is 0 Å². The number of hydrogen-bond acceptors (Lipinski definition) is 4. The van der Waals surface area contributed by atoms with Gasteiger partial charge < -0.3 is 14.9 Å². The number of nitrogens with zero attached hydrogens (tertiary/aromatic N) is 1. The van der Waals surface area contributed by atoms with E-state index in [1.807, 2.05) is 6.07 Å². The number of benzene rings is 1. The first kappa shape index (κ1) is 23.7. The Kier molecular flexibility index (Phi) is 6.13. The highest BCUT2D eigenvalue weighted by Gasteiger charge is 2.64. The second kappa shape index (κ2) is 8.55. The number of hydrogen-bond donors (Lipinski definition) is 2. The first-order valence-corrected chi connectivity index (χ1v) is 13.8. The van der Waals surface area contributed by atoms with E-state index >= 15 is 0 Å². The van der Waals surface area contributed by atoms with Crippen LogP contribution >= 0.6 is 15.9 Å². The van der Waals surface area contributed by atoms with Crippen LogP contribution in [-0.4, -0.2) is 35.7 Å². The normalized spacial score (nSPS) is 42.6. The Morgan fingerprint density at radius 2 is 1.85 bits per heavy atom.